The number of fused-ring (bicyclic) bond motifs is 1. The smallest absolute Gasteiger partial charge is 0.182 e. The summed E-state index contributed by atoms with van der Waals surface area (Å²) in [5.74, 6) is 0.892. The zero-order valence-corrected chi connectivity index (χ0v) is 13.0. The van der Waals surface area contributed by atoms with Gasteiger partial charge in [0.05, 0.1) is 17.6 Å². The summed E-state index contributed by atoms with van der Waals surface area (Å²) in [6.45, 7) is 4.92. The highest BCUT2D eigenvalue weighted by Gasteiger charge is 2.08. The summed E-state index contributed by atoms with van der Waals surface area (Å²) < 4.78 is 8.39. The van der Waals surface area contributed by atoms with Gasteiger partial charge in [-0.05, 0) is 61.5 Å². The van der Waals surface area contributed by atoms with Crippen molar-refractivity contribution in [3.8, 4) is 11.4 Å². The Balaban J connectivity index is 2.06. The predicted molar refractivity (Wildman–Crippen MR) is 89.0 cm³/mol. The fourth-order valence-corrected chi connectivity index (χ4v) is 2.75. The first kappa shape index (κ1) is 13.9. The molecule has 1 heterocycles. The van der Waals surface area contributed by atoms with Gasteiger partial charge in [-0.2, -0.15) is 0 Å². The molecule has 3 rings (SSSR count). The Morgan fingerprint density at radius 2 is 1.90 bits per heavy atom. The van der Waals surface area contributed by atoms with Crippen molar-refractivity contribution >= 4 is 23.3 Å². The van der Waals surface area contributed by atoms with Crippen LogP contribution in [0.15, 0.2) is 42.5 Å². The molecule has 0 aliphatic rings. The van der Waals surface area contributed by atoms with Crippen molar-refractivity contribution < 1.29 is 4.74 Å². The van der Waals surface area contributed by atoms with Gasteiger partial charge in [-0.3, -0.25) is 4.57 Å². The highest BCUT2D eigenvalue weighted by molar-refractivity contribution is 7.71. The molecule has 0 aliphatic heterocycles. The lowest BCUT2D eigenvalue weighted by Crippen LogP contribution is -1.97. The Morgan fingerprint density at radius 1 is 1.14 bits per heavy atom. The van der Waals surface area contributed by atoms with E-state index in [1.807, 2.05) is 24.3 Å². The lowest BCUT2D eigenvalue weighted by Gasteiger charge is -2.08. The molecule has 0 radical (unpaired) electrons. The molecule has 1 N–H and O–H groups in total. The lowest BCUT2D eigenvalue weighted by atomic mass is 10.2. The van der Waals surface area contributed by atoms with E-state index in [0.29, 0.717) is 4.77 Å². The van der Waals surface area contributed by atoms with Gasteiger partial charge in [0, 0.05) is 5.69 Å². The topological polar surface area (TPSA) is 29.9 Å². The first-order valence-electron chi connectivity index (χ1n) is 7.14. The second-order valence-corrected chi connectivity index (χ2v) is 5.46. The van der Waals surface area contributed by atoms with E-state index in [2.05, 4.69) is 41.6 Å². The minimum Gasteiger partial charge on any atom is -0.494 e. The molecule has 0 saturated heterocycles. The van der Waals surface area contributed by atoms with Gasteiger partial charge in [-0.1, -0.05) is 19.1 Å². The summed E-state index contributed by atoms with van der Waals surface area (Å²) in [5.41, 5.74) is 4.43. The van der Waals surface area contributed by atoms with Crippen LogP contribution in [-0.2, 0) is 0 Å². The number of imidazole rings is 1. The molecular formula is C17H18N2OS. The molecule has 0 spiro atoms. The predicted octanol–water partition coefficient (Wildman–Crippen LogP) is 4.79. The minimum atomic E-state index is 0.710. The van der Waals surface area contributed by atoms with E-state index in [9.17, 15) is 0 Å². The molecule has 3 nitrogen and oxygen atoms in total. The van der Waals surface area contributed by atoms with Crippen molar-refractivity contribution in [1.29, 1.82) is 0 Å². The number of rotatable bonds is 4. The van der Waals surface area contributed by atoms with Crippen LogP contribution in [0.4, 0.5) is 0 Å². The third-order valence-electron chi connectivity index (χ3n) is 3.49. The highest BCUT2D eigenvalue weighted by Crippen LogP contribution is 2.23. The van der Waals surface area contributed by atoms with Crippen LogP contribution >= 0.6 is 12.2 Å². The lowest BCUT2D eigenvalue weighted by molar-refractivity contribution is 0.317. The van der Waals surface area contributed by atoms with Crippen LogP contribution in [0.25, 0.3) is 16.7 Å². The van der Waals surface area contributed by atoms with Crippen LogP contribution in [0.1, 0.15) is 18.9 Å². The Morgan fingerprint density at radius 3 is 2.62 bits per heavy atom. The minimum absolute atomic E-state index is 0.710. The number of H-pyrrole nitrogens is 1. The van der Waals surface area contributed by atoms with Crippen LogP contribution in [0.5, 0.6) is 5.75 Å². The molecule has 0 bridgehead atoms. The third kappa shape index (κ3) is 2.59. The first-order chi connectivity index (χ1) is 10.2. The van der Waals surface area contributed by atoms with Crippen molar-refractivity contribution in [3.63, 3.8) is 0 Å². The van der Waals surface area contributed by atoms with E-state index in [1.54, 1.807) is 0 Å². The number of aromatic nitrogens is 2. The molecular weight excluding hydrogens is 280 g/mol. The number of aromatic amines is 1. The molecule has 1 aromatic heterocycles. The average molecular weight is 298 g/mol. The Hall–Kier alpha value is -2.07. The maximum atomic E-state index is 5.62. The summed E-state index contributed by atoms with van der Waals surface area (Å²) in [6.07, 6.45) is 1.01. The average Bonchev–Trinajstić information content (AvgIpc) is 2.83. The Kier molecular flexibility index (Phi) is 3.80. The fraction of sp³-hybridized carbons (Fsp3) is 0.235. The molecule has 0 amide bonds. The number of aryl methyl sites for hydroxylation is 1. The summed E-state index contributed by atoms with van der Waals surface area (Å²) in [7, 11) is 0. The van der Waals surface area contributed by atoms with Crippen molar-refractivity contribution in [1.82, 2.24) is 9.55 Å². The molecule has 0 fully saturated rings. The molecule has 0 atom stereocenters. The number of hydrogen-bond acceptors (Lipinski definition) is 2. The molecule has 108 valence electrons. The van der Waals surface area contributed by atoms with Gasteiger partial charge < -0.3 is 9.72 Å². The molecule has 0 saturated carbocycles. The summed E-state index contributed by atoms with van der Waals surface area (Å²) >= 11 is 5.47. The number of ether oxygens (including phenoxy) is 1. The fourth-order valence-electron chi connectivity index (χ4n) is 2.44. The monoisotopic (exact) mass is 298 g/mol. The molecule has 2 aromatic carbocycles. The van der Waals surface area contributed by atoms with E-state index < -0.39 is 0 Å². The van der Waals surface area contributed by atoms with E-state index in [-0.39, 0.29) is 0 Å². The summed E-state index contributed by atoms with van der Waals surface area (Å²) in [5, 5.41) is 0. The van der Waals surface area contributed by atoms with E-state index in [0.717, 1.165) is 35.5 Å². The Labute approximate surface area is 129 Å². The largest absolute Gasteiger partial charge is 0.494 e. The maximum absolute atomic E-state index is 5.62. The van der Waals surface area contributed by atoms with Crippen molar-refractivity contribution in [2.45, 2.75) is 20.3 Å². The van der Waals surface area contributed by atoms with Crippen LogP contribution in [0.2, 0.25) is 0 Å². The van der Waals surface area contributed by atoms with Crippen LogP contribution in [0, 0.1) is 11.7 Å². The van der Waals surface area contributed by atoms with Gasteiger partial charge in [0.2, 0.25) is 0 Å². The van der Waals surface area contributed by atoms with Crippen LogP contribution in [0.3, 0.4) is 0 Å². The van der Waals surface area contributed by atoms with Gasteiger partial charge in [-0.15, -0.1) is 0 Å². The maximum Gasteiger partial charge on any atom is 0.182 e. The number of nitrogens with one attached hydrogen (secondary N) is 1. The Bertz CT molecular complexity index is 815. The number of hydrogen-bond donors (Lipinski definition) is 1. The summed E-state index contributed by atoms with van der Waals surface area (Å²) in [4.78, 5) is 3.29. The van der Waals surface area contributed by atoms with Crippen molar-refractivity contribution in [3.05, 3.63) is 52.8 Å². The zero-order chi connectivity index (χ0) is 14.8. The molecule has 0 aliphatic carbocycles. The zero-order valence-electron chi connectivity index (χ0n) is 12.2. The first-order valence-corrected chi connectivity index (χ1v) is 7.55. The van der Waals surface area contributed by atoms with Crippen molar-refractivity contribution in [2.24, 2.45) is 0 Å². The van der Waals surface area contributed by atoms with E-state index >= 15 is 0 Å². The molecule has 3 aromatic rings. The second kappa shape index (κ2) is 5.74. The van der Waals surface area contributed by atoms with Gasteiger partial charge in [0.1, 0.15) is 5.75 Å². The van der Waals surface area contributed by atoms with Gasteiger partial charge in [0.25, 0.3) is 0 Å². The quantitative estimate of drug-likeness (QED) is 0.702. The van der Waals surface area contributed by atoms with Crippen LogP contribution < -0.4 is 4.74 Å². The van der Waals surface area contributed by atoms with E-state index in [1.165, 1.54) is 5.56 Å². The molecule has 21 heavy (non-hydrogen) atoms. The number of nitrogens with zero attached hydrogens (tertiary/aromatic N) is 1. The second-order valence-electron chi connectivity index (χ2n) is 5.08. The van der Waals surface area contributed by atoms with Gasteiger partial charge in [0.15, 0.2) is 4.77 Å². The SMILES string of the molecule is CCCOc1ccc(-n2c(=S)[nH]c3c(C)cccc32)cc1. The van der Waals surface area contributed by atoms with Gasteiger partial charge in [-0.25, -0.2) is 0 Å². The summed E-state index contributed by atoms with van der Waals surface area (Å²) in [6, 6.07) is 14.3. The highest BCUT2D eigenvalue weighted by atomic mass is 32.1. The third-order valence-corrected chi connectivity index (χ3v) is 3.78. The standard InChI is InChI=1S/C17H18N2OS/c1-3-11-20-14-9-7-13(8-10-14)19-15-6-4-5-12(2)16(15)18-17(19)21/h4-10H,3,11H2,1-2H3,(H,18,21). The molecule has 0 unspecified atom stereocenters. The van der Waals surface area contributed by atoms with Crippen LogP contribution in [-0.4, -0.2) is 16.2 Å². The van der Waals surface area contributed by atoms with Crippen molar-refractivity contribution in [2.75, 3.05) is 6.61 Å². The van der Waals surface area contributed by atoms with E-state index in [4.69, 9.17) is 17.0 Å². The normalized spacial score (nSPS) is 11.0. The number of para-hydroxylation sites is 1. The van der Waals surface area contributed by atoms with Gasteiger partial charge >= 0.3 is 0 Å². The molecule has 4 heteroatoms. The number of benzene rings is 2.